The highest BCUT2D eigenvalue weighted by atomic mass is 35.5. The van der Waals surface area contributed by atoms with Gasteiger partial charge in [0.2, 0.25) is 5.88 Å². The first-order valence-corrected chi connectivity index (χ1v) is 8.23. The molecule has 3 rings (SSSR count). The molecular formula is C14H12ClN5O2S. The number of thioether (sulfide) groups is 1. The van der Waals surface area contributed by atoms with Crippen molar-refractivity contribution in [2.24, 2.45) is 0 Å². The van der Waals surface area contributed by atoms with E-state index in [0.29, 0.717) is 18.8 Å². The predicted octanol–water partition coefficient (Wildman–Crippen LogP) is 2.56. The van der Waals surface area contributed by atoms with Gasteiger partial charge >= 0.3 is 0 Å². The fourth-order valence-corrected chi connectivity index (χ4v) is 3.32. The smallest absolute Gasteiger partial charge is 0.258 e. The third-order valence-corrected chi connectivity index (χ3v) is 4.39. The summed E-state index contributed by atoms with van der Waals surface area (Å²) < 4.78 is 7.03. The number of ether oxygens (including phenoxy) is 1. The SMILES string of the molecule is CCOc1ncc(C(=O)Nc2nc3n(c2C#N)CCS3)cc1Cl. The maximum Gasteiger partial charge on any atom is 0.258 e. The van der Waals surface area contributed by atoms with Crippen molar-refractivity contribution >= 4 is 35.1 Å². The summed E-state index contributed by atoms with van der Waals surface area (Å²) in [6.45, 7) is 2.96. The summed E-state index contributed by atoms with van der Waals surface area (Å²) in [5.41, 5.74) is 0.617. The predicted molar refractivity (Wildman–Crippen MR) is 86.0 cm³/mol. The van der Waals surface area contributed by atoms with Crippen LogP contribution in [-0.4, -0.2) is 32.8 Å². The molecule has 0 aromatic carbocycles. The van der Waals surface area contributed by atoms with Crippen molar-refractivity contribution in [3.63, 3.8) is 0 Å². The van der Waals surface area contributed by atoms with Gasteiger partial charge in [-0.25, -0.2) is 9.97 Å². The Morgan fingerprint density at radius 3 is 3.17 bits per heavy atom. The molecule has 0 aliphatic carbocycles. The van der Waals surface area contributed by atoms with Crippen LogP contribution in [-0.2, 0) is 6.54 Å². The fraction of sp³-hybridized carbons (Fsp3) is 0.286. The molecule has 1 aliphatic rings. The molecule has 23 heavy (non-hydrogen) atoms. The maximum atomic E-state index is 12.3. The van der Waals surface area contributed by atoms with Gasteiger partial charge in [-0.1, -0.05) is 23.4 Å². The zero-order chi connectivity index (χ0) is 16.4. The van der Waals surface area contributed by atoms with E-state index in [1.807, 2.05) is 6.92 Å². The van der Waals surface area contributed by atoms with Crippen molar-refractivity contribution in [2.75, 3.05) is 17.7 Å². The van der Waals surface area contributed by atoms with Crippen molar-refractivity contribution < 1.29 is 9.53 Å². The van der Waals surface area contributed by atoms with Gasteiger partial charge < -0.3 is 14.6 Å². The molecule has 1 N–H and O–H groups in total. The summed E-state index contributed by atoms with van der Waals surface area (Å²) >= 11 is 7.58. The van der Waals surface area contributed by atoms with Crippen molar-refractivity contribution in [1.29, 1.82) is 5.26 Å². The standard InChI is InChI=1S/C14H12ClN5O2S/c1-2-22-13-9(15)5-8(7-17-13)12(21)18-11-10(6-16)20-3-4-23-14(20)19-11/h5,7H,2-4H2,1H3,(H,18,21). The molecule has 3 heterocycles. The van der Waals surface area contributed by atoms with Crippen molar-refractivity contribution in [3.8, 4) is 11.9 Å². The van der Waals surface area contributed by atoms with Crippen LogP contribution in [0.4, 0.5) is 5.82 Å². The van der Waals surface area contributed by atoms with Gasteiger partial charge in [0.1, 0.15) is 11.1 Å². The molecule has 0 spiro atoms. The summed E-state index contributed by atoms with van der Waals surface area (Å²) in [5, 5.41) is 12.9. The number of carbonyl (C=O) groups excluding carboxylic acids is 1. The Hall–Kier alpha value is -2.24. The highest BCUT2D eigenvalue weighted by Crippen LogP contribution is 2.30. The monoisotopic (exact) mass is 349 g/mol. The lowest BCUT2D eigenvalue weighted by molar-refractivity contribution is 0.102. The first kappa shape index (κ1) is 15.6. The molecule has 118 valence electrons. The lowest BCUT2D eigenvalue weighted by Crippen LogP contribution is -2.14. The van der Waals surface area contributed by atoms with Crippen LogP contribution < -0.4 is 10.1 Å². The number of pyridine rings is 1. The third kappa shape index (κ3) is 2.98. The summed E-state index contributed by atoms with van der Waals surface area (Å²) in [6, 6.07) is 3.55. The van der Waals surface area contributed by atoms with E-state index in [4.69, 9.17) is 16.3 Å². The van der Waals surface area contributed by atoms with Crippen molar-refractivity contribution in [3.05, 3.63) is 28.5 Å². The molecule has 1 aliphatic heterocycles. The van der Waals surface area contributed by atoms with Gasteiger partial charge in [0, 0.05) is 18.5 Å². The van der Waals surface area contributed by atoms with E-state index in [1.165, 1.54) is 12.3 Å². The van der Waals surface area contributed by atoms with Crippen LogP contribution in [0.2, 0.25) is 5.02 Å². The molecule has 1 amide bonds. The molecule has 7 nitrogen and oxygen atoms in total. The Kier molecular flexibility index (Phi) is 4.41. The van der Waals surface area contributed by atoms with Crippen molar-refractivity contribution in [1.82, 2.24) is 14.5 Å². The number of fused-ring (bicyclic) bond motifs is 1. The van der Waals surface area contributed by atoms with Gasteiger partial charge in [0.15, 0.2) is 16.7 Å². The number of halogens is 1. The Morgan fingerprint density at radius 1 is 1.65 bits per heavy atom. The van der Waals surface area contributed by atoms with Crippen LogP contribution in [0.1, 0.15) is 23.0 Å². The van der Waals surface area contributed by atoms with Crippen LogP contribution in [0.5, 0.6) is 5.88 Å². The molecule has 0 radical (unpaired) electrons. The Labute approximate surface area is 141 Å². The maximum absolute atomic E-state index is 12.3. The van der Waals surface area contributed by atoms with E-state index in [2.05, 4.69) is 21.4 Å². The largest absolute Gasteiger partial charge is 0.477 e. The van der Waals surface area contributed by atoms with Gasteiger partial charge in [-0.05, 0) is 13.0 Å². The fourth-order valence-electron chi connectivity index (χ4n) is 2.15. The summed E-state index contributed by atoms with van der Waals surface area (Å²) in [5.74, 6) is 0.982. The summed E-state index contributed by atoms with van der Waals surface area (Å²) in [6.07, 6.45) is 1.37. The number of anilines is 1. The third-order valence-electron chi connectivity index (χ3n) is 3.17. The minimum absolute atomic E-state index is 0.253. The number of nitrogens with zero attached hydrogens (tertiary/aromatic N) is 4. The minimum atomic E-state index is -0.430. The summed E-state index contributed by atoms with van der Waals surface area (Å²) in [4.78, 5) is 20.6. The quantitative estimate of drug-likeness (QED) is 0.911. The molecule has 0 saturated heterocycles. The molecule has 2 aromatic rings. The number of aromatic nitrogens is 3. The van der Waals surface area contributed by atoms with Crippen molar-refractivity contribution in [2.45, 2.75) is 18.6 Å². The van der Waals surface area contributed by atoms with Crippen LogP contribution in [0.25, 0.3) is 0 Å². The Balaban J connectivity index is 1.83. The number of hydrogen-bond donors (Lipinski definition) is 1. The van der Waals surface area contributed by atoms with Gasteiger partial charge in [0.25, 0.3) is 5.91 Å². The molecule has 0 saturated carbocycles. The molecule has 0 unspecified atom stereocenters. The first-order chi connectivity index (χ1) is 11.1. The van der Waals surface area contributed by atoms with E-state index < -0.39 is 5.91 Å². The zero-order valence-electron chi connectivity index (χ0n) is 12.2. The van der Waals surface area contributed by atoms with Crippen LogP contribution in [0.15, 0.2) is 17.4 Å². The summed E-state index contributed by atoms with van der Waals surface area (Å²) in [7, 11) is 0. The van der Waals surface area contributed by atoms with Crippen LogP contribution in [0.3, 0.4) is 0 Å². The normalized spacial score (nSPS) is 12.6. The van der Waals surface area contributed by atoms with Gasteiger partial charge in [-0.15, -0.1) is 0 Å². The molecule has 0 atom stereocenters. The topological polar surface area (TPSA) is 92.8 Å². The second kappa shape index (κ2) is 6.48. The zero-order valence-corrected chi connectivity index (χ0v) is 13.7. The number of imidazole rings is 1. The Bertz CT molecular complexity index is 814. The lowest BCUT2D eigenvalue weighted by Gasteiger charge is -2.07. The van der Waals surface area contributed by atoms with Gasteiger partial charge in [0.05, 0.1) is 12.2 Å². The minimum Gasteiger partial charge on any atom is -0.477 e. The number of carbonyl (C=O) groups is 1. The number of nitriles is 1. The average Bonchev–Trinajstić information content (AvgIpc) is 3.09. The molecule has 0 bridgehead atoms. The van der Waals surface area contributed by atoms with Crippen LogP contribution >= 0.6 is 23.4 Å². The molecule has 9 heteroatoms. The second-order valence-corrected chi connectivity index (χ2v) is 6.07. The number of rotatable bonds is 4. The second-order valence-electron chi connectivity index (χ2n) is 4.60. The highest BCUT2D eigenvalue weighted by molar-refractivity contribution is 7.99. The number of amides is 1. The lowest BCUT2D eigenvalue weighted by atomic mass is 10.2. The Morgan fingerprint density at radius 2 is 2.48 bits per heavy atom. The van der Waals surface area contributed by atoms with E-state index in [1.54, 1.807) is 16.3 Å². The molecule has 2 aromatic heterocycles. The number of nitrogens with one attached hydrogen (secondary N) is 1. The highest BCUT2D eigenvalue weighted by Gasteiger charge is 2.23. The van der Waals surface area contributed by atoms with E-state index >= 15 is 0 Å². The average molecular weight is 350 g/mol. The van der Waals surface area contributed by atoms with E-state index in [-0.39, 0.29) is 22.3 Å². The van der Waals surface area contributed by atoms with Gasteiger partial charge in [-0.3, -0.25) is 4.79 Å². The van der Waals surface area contributed by atoms with Gasteiger partial charge in [-0.2, -0.15) is 5.26 Å². The first-order valence-electron chi connectivity index (χ1n) is 6.87. The van der Waals surface area contributed by atoms with E-state index in [9.17, 15) is 10.1 Å². The van der Waals surface area contributed by atoms with E-state index in [0.717, 1.165) is 10.9 Å². The van der Waals surface area contributed by atoms with Crippen LogP contribution in [0, 0.1) is 11.3 Å². The molecular weight excluding hydrogens is 338 g/mol. The number of hydrogen-bond acceptors (Lipinski definition) is 6. The molecule has 0 fully saturated rings.